The number of amides is 4. The normalized spacial score (nSPS) is 28.7. The topological polar surface area (TPSA) is 160 Å². The number of rotatable bonds is 9. The first kappa shape index (κ1) is 34.7. The van der Waals surface area contributed by atoms with E-state index in [0.717, 1.165) is 50.5 Å². The summed E-state index contributed by atoms with van der Waals surface area (Å²) in [5, 5.41) is 4.93. The van der Waals surface area contributed by atoms with Crippen LogP contribution in [-0.4, -0.2) is 79.3 Å². The Hall–Kier alpha value is -3.61. The van der Waals surface area contributed by atoms with Crippen molar-refractivity contribution in [2.45, 2.75) is 119 Å². The Labute approximate surface area is 277 Å². The number of nitrogens with zero attached hydrogens (tertiary/aromatic N) is 1. The number of carbonyl (C=O) groups excluding carboxylic acids is 4. The largest absolute Gasteiger partial charge is 0.488 e. The van der Waals surface area contributed by atoms with Gasteiger partial charge in [0.25, 0.3) is 5.91 Å². The van der Waals surface area contributed by atoms with E-state index in [9.17, 15) is 27.6 Å². The number of benzene rings is 1. The minimum Gasteiger partial charge on any atom is -0.488 e. The number of ether oxygens (including phenoxy) is 2. The van der Waals surface area contributed by atoms with Gasteiger partial charge in [-0.15, -0.1) is 6.58 Å². The number of alkyl carbamates (subject to hydrolysis) is 1. The van der Waals surface area contributed by atoms with Crippen LogP contribution in [0.2, 0.25) is 0 Å². The van der Waals surface area contributed by atoms with Gasteiger partial charge in [0, 0.05) is 12.3 Å². The van der Waals surface area contributed by atoms with Gasteiger partial charge in [-0.25, -0.2) is 13.2 Å². The maximum Gasteiger partial charge on any atom is 0.407 e. The highest BCUT2D eigenvalue weighted by Gasteiger charge is 2.62. The second-order valence-corrected chi connectivity index (χ2v) is 15.2. The third kappa shape index (κ3) is 8.46. The van der Waals surface area contributed by atoms with Crippen molar-refractivity contribution < 1.29 is 37.1 Å². The molecule has 1 aromatic carbocycles. The van der Waals surface area contributed by atoms with Gasteiger partial charge in [-0.2, -0.15) is 0 Å². The maximum absolute atomic E-state index is 14.2. The quantitative estimate of drug-likeness (QED) is 0.336. The van der Waals surface area contributed by atoms with Crippen LogP contribution in [0.5, 0.6) is 5.75 Å². The molecular weight excluding hydrogens is 624 g/mol. The van der Waals surface area contributed by atoms with Crippen LogP contribution < -0.4 is 20.1 Å². The summed E-state index contributed by atoms with van der Waals surface area (Å²) in [7, 11) is -3.85. The fourth-order valence-electron chi connectivity index (χ4n) is 6.56. The highest BCUT2D eigenvalue weighted by Crippen LogP contribution is 2.45. The number of aryl methyl sites for hydroxylation is 1. The highest BCUT2D eigenvalue weighted by molar-refractivity contribution is 7.91. The van der Waals surface area contributed by atoms with E-state index in [-0.39, 0.29) is 26.0 Å². The lowest BCUT2D eigenvalue weighted by molar-refractivity contribution is -0.141. The monoisotopic (exact) mass is 672 g/mol. The molecule has 1 saturated heterocycles. The van der Waals surface area contributed by atoms with E-state index >= 15 is 0 Å². The van der Waals surface area contributed by atoms with Crippen molar-refractivity contribution in [1.82, 2.24) is 20.3 Å². The van der Waals surface area contributed by atoms with Gasteiger partial charge >= 0.3 is 6.09 Å². The van der Waals surface area contributed by atoms with Crippen molar-refractivity contribution in [3.63, 3.8) is 0 Å². The molecule has 0 unspecified atom stereocenters. The Morgan fingerprint density at radius 2 is 1.87 bits per heavy atom. The molecule has 2 aliphatic heterocycles. The lowest BCUT2D eigenvalue weighted by Crippen LogP contribution is -2.58. The molecule has 1 aromatic rings. The van der Waals surface area contributed by atoms with Crippen LogP contribution in [0.25, 0.3) is 0 Å². The summed E-state index contributed by atoms with van der Waals surface area (Å²) in [6, 6.07) is 5.83. The van der Waals surface area contributed by atoms with Crippen molar-refractivity contribution in [3.05, 3.63) is 42.5 Å². The number of para-hydroxylation sites is 1. The molecule has 13 heteroatoms. The Morgan fingerprint density at radius 1 is 1.13 bits per heavy atom. The summed E-state index contributed by atoms with van der Waals surface area (Å²) in [6.45, 7) is 6.09. The summed E-state index contributed by atoms with van der Waals surface area (Å²) in [5.74, 6) is -1.61. The molecule has 0 aromatic heterocycles. The van der Waals surface area contributed by atoms with Crippen molar-refractivity contribution in [1.29, 1.82) is 0 Å². The molecule has 0 radical (unpaired) electrons. The SMILES string of the molecule is C=C[C@@H]1C[C@]1(NC(=O)[C@@H]1C[C@@H]2CN1C(=O)[C@H](CCCC)NC(=O)OCCCCCCCc1ccccc1O2)C(=O)NS(=O)(=O)C1CC1. The zero-order valence-corrected chi connectivity index (χ0v) is 28.0. The zero-order valence-electron chi connectivity index (χ0n) is 27.2. The van der Waals surface area contributed by atoms with Crippen molar-refractivity contribution in [3.8, 4) is 5.75 Å². The van der Waals surface area contributed by atoms with Crippen LogP contribution in [0.1, 0.15) is 89.5 Å². The second-order valence-electron chi connectivity index (χ2n) is 13.3. The summed E-state index contributed by atoms with van der Waals surface area (Å²) in [6.07, 6.45) is 8.88. The third-order valence-corrected chi connectivity index (χ3v) is 11.4. The maximum atomic E-state index is 14.2. The standard InChI is InChI=1S/C34H48N4O8S/c1-3-5-15-27-31(40)38-22-25(46-29-16-11-10-14-23(29)13-9-7-6-8-12-19-45-33(42)35-27)20-28(38)30(39)36-34(21-24(34)4-2)32(41)37-47(43,44)26-17-18-26/h4,10-11,14,16,24-28H,2-3,5-9,12-13,15,17-22H2,1H3,(H,35,42)(H,36,39)(H,37,41)/t24-,25-,27+,28+,34-/m1/s1. The van der Waals surface area contributed by atoms with Gasteiger partial charge in [-0.1, -0.05) is 63.3 Å². The number of nitrogens with one attached hydrogen (secondary N) is 3. The minimum absolute atomic E-state index is 0.0880. The summed E-state index contributed by atoms with van der Waals surface area (Å²) in [4.78, 5) is 55.8. The molecule has 3 fully saturated rings. The Bertz CT molecular complexity index is 1450. The molecule has 47 heavy (non-hydrogen) atoms. The average Bonchev–Trinajstić information content (AvgIpc) is 3.97. The average molecular weight is 673 g/mol. The molecule has 2 heterocycles. The van der Waals surface area contributed by atoms with Crippen LogP contribution in [0.4, 0.5) is 4.79 Å². The fraction of sp³-hybridized carbons (Fsp3) is 0.647. The van der Waals surface area contributed by atoms with Gasteiger partial charge in [-0.05, 0) is 56.6 Å². The molecule has 4 aliphatic rings. The van der Waals surface area contributed by atoms with Crippen LogP contribution >= 0.6 is 0 Å². The molecule has 12 nitrogen and oxygen atoms in total. The number of cyclic esters (lactones) is 1. The van der Waals surface area contributed by atoms with Gasteiger partial charge in [0.15, 0.2) is 0 Å². The molecule has 2 aliphatic carbocycles. The van der Waals surface area contributed by atoms with E-state index < -0.39 is 68.7 Å². The summed E-state index contributed by atoms with van der Waals surface area (Å²) < 4.78 is 39.2. The molecule has 5 rings (SSSR count). The van der Waals surface area contributed by atoms with Gasteiger partial charge in [0.1, 0.15) is 29.5 Å². The van der Waals surface area contributed by atoms with E-state index in [0.29, 0.717) is 31.4 Å². The lowest BCUT2D eigenvalue weighted by atomic mass is 10.0. The Morgan fingerprint density at radius 3 is 2.60 bits per heavy atom. The van der Waals surface area contributed by atoms with Crippen LogP contribution in [0.15, 0.2) is 36.9 Å². The number of unbranched alkanes of at least 4 members (excludes halogenated alkanes) is 1. The van der Waals surface area contributed by atoms with Gasteiger partial charge in [0.2, 0.25) is 21.8 Å². The second kappa shape index (κ2) is 15.1. The van der Waals surface area contributed by atoms with E-state index in [1.54, 1.807) is 0 Å². The van der Waals surface area contributed by atoms with E-state index in [4.69, 9.17) is 9.47 Å². The summed E-state index contributed by atoms with van der Waals surface area (Å²) in [5.41, 5.74) is -0.438. The number of carbonyl (C=O) groups is 4. The fourth-order valence-corrected chi connectivity index (χ4v) is 7.93. The number of hydrogen-bond donors (Lipinski definition) is 3. The van der Waals surface area contributed by atoms with Gasteiger partial charge < -0.3 is 25.0 Å². The van der Waals surface area contributed by atoms with Crippen molar-refractivity contribution >= 4 is 33.8 Å². The van der Waals surface area contributed by atoms with Crippen LogP contribution in [-0.2, 0) is 35.6 Å². The van der Waals surface area contributed by atoms with E-state index in [1.807, 2.05) is 31.2 Å². The molecular formula is C34H48N4O8S. The van der Waals surface area contributed by atoms with Crippen molar-refractivity contribution in [2.75, 3.05) is 13.2 Å². The van der Waals surface area contributed by atoms with Crippen LogP contribution in [0.3, 0.4) is 0 Å². The first-order valence-corrected chi connectivity index (χ1v) is 18.6. The van der Waals surface area contributed by atoms with Gasteiger partial charge in [-0.3, -0.25) is 19.1 Å². The Kier molecular flexibility index (Phi) is 11.1. The van der Waals surface area contributed by atoms with E-state index in [1.165, 1.54) is 11.0 Å². The van der Waals surface area contributed by atoms with E-state index in [2.05, 4.69) is 21.9 Å². The number of fused-ring (bicyclic) bond motifs is 3. The smallest absolute Gasteiger partial charge is 0.407 e. The molecule has 5 atom stereocenters. The minimum atomic E-state index is -3.85. The van der Waals surface area contributed by atoms with Crippen molar-refractivity contribution in [2.24, 2.45) is 5.92 Å². The first-order chi connectivity index (χ1) is 22.6. The molecule has 258 valence electrons. The first-order valence-electron chi connectivity index (χ1n) is 17.1. The predicted molar refractivity (Wildman–Crippen MR) is 175 cm³/mol. The molecule has 2 bridgehead atoms. The Balaban J connectivity index is 1.41. The van der Waals surface area contributed by atoms with Crippen LogP contribution in [0, 0.1) is 5.92 Å². The summed E-state index contributed by atoms with van der Waals surface area (Å²) >= 11 is 0. The predicted octanol–water partition coefficient (Wildman–Crippen LogP) is 3.50. The molecule has 3 N–H and O–H groups in total. The zero-order chi connectivity index (χ0) is 33.6. The number of sulfonamides is 1. The number of hydrogen-bond acceptors (Lipinski definition) is 8. The molecule has 2 saturated carbocycles. The van der Waals surface area contributed by atoms with Gasteiger partial charge in [0.05, 0.1) is 18.4 Å². The lowest BCUT2D eigenvalue weighted by Gasteiger charge is -2.29. The highest BCUT2D eigenvalue weighted by atomic mass is 32.2. The third-order valence-electron chi connectivity index (χ3n) is 9.62. The molecule has 0 spiro atoms. The molecule has 4 amide bonds.